The van der Waals surface area contributed by atoms with Gasteiger partial charge in [0, 0.05) is 51.7 Å². The Bertz CT molecular complexity index is 821. The molecule has 3 heterocycles. The van der Waals surface area contributed by atoms with Crippen LogP contribution in [0.25, 0.3) is 0 Å². The summed E-state index contributed by atoms with van der Waals surface area (Å²) in [5.74, 6) is 0.397. The first-order valence-corrected chi connectivity index (χ1v) is 11.0. The number of para-hydroxylation sites is 1. The van der Waals surface area contributed by atoms with Crippen LogP contribution in [0.3, 0.4) is 0 Å². The predicted octanol–water partition coefficient (Wildman–Crippen LogP) is 3.26. The summed E-state index contributed by atoms with van der Waals surface area (Å²) in [6.45, 7) is 9.18. The van der Waals surface area contributed by atoms with Crippen LogP contribution in [-0.4, -0.2) is 73.0 Å². The summed E-state index contributed by atoms with van der Waals surface area (Å²) in [6, 6.07) is 5.96. The van der Waals surface area contributed by atoms with E-state index in [1.807, 2.05) is 11.9 Å². The lowest BCUT2D eigenvalue weighted by Crippen LogP contribution is -2.54. The molecule has 164 valence electrons. The van der Waals surface area contributed by atoms with Gasteiger partial charge in [0.25, 0.3) is 0 Å². The third-order valence-electron chi connectivity index (χ3n) is 7.41. The number of carbonyl (C=O) groups excluding carboxylic acids is 2. The lowest BCUT2D eigenvalue weighted by Gasteiger charge is -2.46. The molecule has 2 spiro atoms. The van der Waals surface area contributed by atoms with Gasteiger partial charge >= 0.3 is 6.03 Å². The molecule has 0 bridgehead atoms. The number of piperidine rings is 1. The Kier molecular flexibility index (Phi) is 5.51. The first-order chi connectivity index (χ1) is 14.3. The second-order valence-corrected chi connectivity index (χ2v) is 9.80. The van der Waals surface area contributed by atoms with Crippen molar-refractivity contribution in [3.8, 4) is 0 Å². The van der Waals surface area contributed by atoms with Crippen LogP contribution in [0.2, 0.25) is 0 Å². The summed E-state index contributed by atoms with van der Waals surface area (Å²) in [7, 11) is 1.91. The van der Waals surface area contributed by atoms with Crippen molar-refractivity contribution >= 4 is 17.6 Å². The van der Waals surface area contributed by atoms with E-state index >= 15 is 0 Å². The van der Waals surface area contributed by atoms with Gasteiger partial charge in [-0.15, -0.1) is 0 Å². The fraction of sp³-hybridized carbons (Fsp3) is 0.652. The molecular weight excluding hydrogens is 383 g/mol. The van der Waals surface area contributed by atoms with E-state index in [1.54, 1.807) is 23.1 Å². The van der Waals surface area contributed by atoms with Crippen molar-refractivity contribution in [1.82, 2.24) is 14.7 Å². The van der Waals surface area contributed by atoms with Gasteiger partial charge < -0.3 is 20.0 Å². The zero-order chi connectivity index (χ0) is 21.5. The van der Waals surface area contributed by atoms with Gasteiger partial charge in [0.1, 0.15) is 5.82 Å². The number of likely N-dealkylation sites (tertiary alicyclic amines) is 3. The molecule has 6 nitrogen and oxygen atoms in total. The molecule has 3 amide bonds. The molecule has 0 saturated carbocycles. The Labute approximate surface area is 178 Å². The summed E-state index contributed by atoms with van der Waals surface area (Å²) in [6.07, 6.45) is 2.52. The standard InChI is InChI=1S/C23H33FN4O2/c1-17(2)14-27-15-22(23(16-27)10-11-26(3)20(23)29)8-12-28(13-9-22)21(30)25-19-7-5-4-6-18(19)24/h4-7,17H,8-16H2,1-3H3,(H,25,30). The van der Waals surface area contributed by atoms with Gasteiger partial charge in [-0.1, -0.05) is 26.0 Å². The Morgan fingerprint density at radius 3 is 2.43 bits per heavy atom. The van der Waals surface area contributed by atoms with E-state index in [1.165, 1.54) is 6.07 Å². The minimum atomic E-state index is -0.432. The molecule has 4 rings (SSSR count). The van der Waals surface area contributed by atoms with Crippen molar-refractivity contribution in [1.29, 1.82) is 0 Å². The Hall–Kier alpha value is -2.15. The number of nitrogens with zero attached hydrogens (tertiary/aromatic N) is 3. The van der Waals surface area contributed by atoms with Crippen LogP contribution >= 0.6 is 0 Å². The van der Waals surface area contributed by atoms with E-state index in [0.29, 0.717) is 19.0 Å². The van der Waals surface area contributed by atoms with Crippen LogP contribution in [0.4, 0.5) is 14.9 Å². The molecule has 7 heteroatoms. The van der Waals surface area contributed by atoms with Crippen LogP contribution in [0, 0.1) is 22.6 Å². The average Bonchev–Trinajstić information content (AvgIpc) is 3.15. The topological polar surface area (TPSA) is 55.9 Å². The summed E-state index contributed by atoms with van der Waals surface area (Å²) >= 11 is 0. The van der Waals surface area contributed by atoms with Gasteiger partial charge in [0.2, 0.25) is 5.91 Å². The molecule has 1 N–H and O–H groups in total. The highest BCUT2D eigenvalue weighted by Gasteiger charge is 2.64. The number of hydrogen-bond acceptors (Lipinski definition) is 3. The predicted molar refractivity (Wildman–Crippen MR) is 115 cm³/mol. The maximum atomic E-state index is 13.9. The van der Waals surface area contributed by atoms with Crippen LogP contribution in [-0.2, 0) is 4.79 Å². The Morgan fingerprint density at radius 1 is 1.13 bits per heavy atom. The van der Waals surface area contributed by atoms with Crippen LogP contribution in [0.15, 0.2) is 24.3 Å². The zero-order valence-corrected chi connectivity index (χ0v) is 18.3. The van der Waals surface area contributed by atoms with Gasteiger partial charge in [-0.2, -0.15) is 0 Å². The Morgan fingerprint density at radius 2 is 1.83 bits per heavy atom. The number of anilines is 1. The summed E-state index contributed by atoms with van der Waals surface area (Å²) in [5, 5.41) is 2.70. The number of nitrogens with one attached hydrogen (secondary N) is 1. The normalized spacial score (nSPS) is 26.4. The third kappa shape index (κ3) is 3.47. The maximum Gasteiger partial charge on any atom is 0.321 e. The van der Waals surface area contributed by atoms with E-state index in [4.69, 9.17) is 0 Å². The second kappa shape index (κ2) is 7.84. The van der Waals surface area contributed by atoms with Gasteiger partial charge in [0.05, 0.1) is 11.1 Å². The minimum Gasteiger partial charge on any atom is -0.345 e. The number of rotatable bonds is 3. The van der Waals surface area contributed by atoms with E-state index in [-0.39, 0.29) is 28.5 Å². The number of halogens is 1. The van der Waals surface area contributed by atoms with Crippen molar-refractivity contribution in [2.24, 2.45) is 16.7 Å². The van der Waals surface area contributed by atoms with Crippen LogP contribution in [0.1, 0.15) is 33.1 Å². The van der Waals surface area contributed by atoms with Crippen LogP contribution in [0.5, 0.6) is 0 Å². The Balaban J connectivity index is 1.49. The highest BCUT2D eigenvalue weighted by atomic mass is 19.1. The summed E-state index contributed by atoms with van der Waals surface area (Å²) < 4.78 is 13.9. The van der Waals surface area contributed by atoms with Gasteiger partial charge in [-0.05, 0) is 37.3 Å². The van der Waals surface area contributed by atoms with E-state index in [2.05, 4.69) is 24.1 Å². The summed E-state index contributed by atoms with van der Waals surface area (Å²) in [5.41, 5.74) is -0.209. The number of fused-ring (bicyclic) bond motifs is 1. The first-order valence-electron chi connectivity index (χ1n) is 11.0. The second-order valence-electron chi connectivity index (χ2n) is 9.80. The largest absolute Gasteiger partial charge is 0.345 e. The molecule has 0 radical (unpaired) electrons. The maximum absolute atomic E-state index is 13.9. The fourth-order valence-electron chi connectivity index (χ4n) is 5.93. The fourth-order valence-corrected chi connectivity index (χ4v) is 5.93. The van der Waals surface area contributed by atoms with Crippen molar-refractivity contribution in [3.05, 3.63) is 30.1 Å². The average molecular weight is 417 g/mol. The zero-order valence-electron chi connectivity index (χ0n) is 18.3. The minimum absolute atomic E-state index is 0.0848. The molecule has 1 unspecified atom stereocenters. The monoisotopic (exact) mass is 416 g/mol. The third-order valence-corrected chi connectivity index (χ3v) is 7.41. The van der Waals surface area contributed by atoms with Crippen molar-refractivity contribution in [2.45, 2.75) is 33.1 Å². The SMILES string of the molecule is CC(C)CN1CC2(CCN(C(=O)Nc3ccccc3F)CC2)C2(CCN(C)C2=O)C1. The molecule has 0 aliphatic carbocycles. The van der Waals surface area contributed by atoms with E-state index in [0.717, 1.165) is 45.4 Å². The van der Waals surface area contributed by atoms with Crippen molar-refractivity contribution < 1.29 is 14.0 Å². The highest BCUT2D eigenvalue weighted by molar-refractivity contribution is 5.90. The van der Waals surface area contributed by atoms with E-state index < -0.39 is 5.82 Å². The molecule has 1 aromatic rings. The van der Waals surface area contributed by atoms with Crippen molar-refractivity contribution in [2.75, 3.05) is 51.6 Å². The highest BCUT2D eigenvalue weighted by Crippen LogP contribution is 2.57. The molecule has 3 aliphatic rings. The lowest BCUT2D eigenvalue weighted by atomic mass is 9.60. The molecule has 3 saturated heterocycles. The molecular formula is C23H33FN4O2. The molecule has 0 aromatic heterocycles. The smallest absolute Gasteiger partial charge is 0.321 e. The van der Waals surface area contributed by atoms with E-state index in [9.17, 15) is 14.0 Å². The first kappa shape index (κ1) is 21.1. The molecule has 3 aliphatic heterocycles. The number of hydrogen-bond donors (Lipinski definition) is 1. The number of amides is 3. The molecule has 1 atom stereocenters. The van der Waals surface area contributed by atoms with Crippen LogP contribution < -0.4 is 5.32 Å². The van der Waals surface area contributed by atoms with Gasteiger partial charge in [0.15, 0.2) is 0 Å². The summed E-state index contributed by atoms with van der Waals surface area (Å²) in [4.78, 5) is 32.1. The molecule has 3 fully saturated rings. The quantitative estimate of drug-likeness (QED) is 0.823. The number of benzene rings is 1. The van der Waals surface area contributed by atoms with Gasteiger partial charge in [-0.3, -0.25) is 4.79 Å². The van der Waals surface area contributed by atoms with Crippen molar-refractivity contribution in [3.63, 3.8) is 0 Å². The van der Waals surface area contributed by atoms with Gasteiger partial charge in [-0.25, -0.2) is 9.18 Å². The number of urea groups is 1. The lowest BCUT2D eigenvalue weighted by molar-refractivity contribution is -0.141. The molecule has 30 heavy (non-hydrogen) atoms. The number of carbonyl (C=O) groups is 2. The molecule has 1 aromatic carbocycles.